The Morgan fingerprint density at radius 2 is 1.78 bits per heavy atom. The van der Waals surface area contributed by atoms with E-state index in [4.69, 9.17) is 11.6 Å². The molecule has 0 spiro atoms. The van der Waals surface area contributed by atoms with Gasteiger partial charge < -0.3 is 10.3 Å². The minimum absolute atomic E-state index is 0.107. The molecule has 1 aromatic heterocycles. The predicted octanol–water partition coefficient (Wildman–Crippen LogP) is 5.02. The molecule has 0 aliphatic rings. The largest absolute Gasteiger partial charge is 0.354 e. The zero-order valence-corrected chi connectivity index (χ0v) is 14.2. The number of aromatic nitrogens is 1. The van der Waals surface area contributed by atoms with E-state index in [1.165, 1.54) is 0 Å². The number of carbonyl (C=O) groups excluding carboxylic acids is 1. The predicted molar refractivity (Wildman–Crippen MR) is 96.0 cm³/mol. The first-order valence-corrected chi connectivity index (χ1v) is 7.92. The van der Waals surface area contributed by atoms with Crippen molar-refractivity contribution in [1.82, 2.24) is 10.3 Å². The number of hydrogen-bond donors (Lipinski definition) is 2. The molecule has 0 saturated carbocycles. The van der Waals surface area contributed by atoms with Crippen molar-refractivity contribution in [3.8, 4) is 11.3 Å². The molecule has 3 aromatic rings. The molecular formula is C19H19ClN2O. The molecule has 0 aliphatic heterocycles. The maximum absolute atomic E-state index is 12.9. The van der Waals surface area contributed by atoms with Crippen LogP contribution in [0.3, 0.4) is 0 Å². The lowest BCUT2D eigenvalue weighted by Crippen LogP contribution is -2.40. The molecule has 0 unspecified atom stereocenters. The van der Waals surface area contributed by atoms with Crippen molar-refractivity contribution in [2.45, 2.75) is 26.3 Å². The van der Waals surface area contributed by atoms with Gasteiger partial charge in [-0.15, -0.1) is 0 Å². The van der Waals surface area contributed by atoms with Gasteiger partial charge in [0.05, 0.1) is 11.3 Å². The van der Waals surface area contributed by atoms with Crippen LogP contribution in [0, 0.1) is 0 Å². The molecule has 1 amide bonds. The number of nitrogens with one attached hydrogen (secondary N) is 2. The standard InChI is InChI=1S/C19H19ClN2O/c1-19(2,3)22-18(23)16-14-11-13(20)9-10-15(14)21-17(16)12-7-5-4-6-8-12/h4-11,21H,1-3H3,(H,22,23). The molecule has 118 valence electrons. The average Bonchev–Trinajstić information content (AvgIpc) is 2.85. The van der Waals surface area contributed by atoms with Crippen LogP contribution in [0.15, 0.2) is 48.5 Å². The summed E-state index contributed by atoms with van der Waals surface area (Å²) < 4.78 is 0. The summed E-state index contributed by atoms with van der Waals surface area (Å²) >= 11 is 6.14. The molecular weight excluding hydrogens is 308 g/mol. The first kappa shape index (κ1) is 15.6. The Kier molecular flexibility index (Phi) is 3.90. The lowest BCUT2D eigenvalue weighted by Gasteiger charge is -2.20. The molecule has 3 nitrogen and oxygen atoms in total. The van der Waals surface area contributed by atoms with E-state index < -0.39 is 0 Å². The van der Waals surface area contributed by atoms with Crippen molar-refractivity contribution in [3.05, 3.63) is 59.1 Å². The Hall–Kier alpha value is -2.26. The van der Waals surface area contributed by atoms with E-state index in [0.717, 1.165) is 22.2 Å². The SMILES string of the molecule is CC(C)(C)NC(=O)c1c(-c2ccccc2)[nH]c2ccc(Cl)cc12. The van der Waals surface area contributed by atoms with Gasteiger partial charge in [0.1, 0.15) is 0 Å². The first-order valence-electron chi connectivity index (χ1n) is 7.54. The lowest BCUT2D eigenvalue weighted by atomic mass is 10.0. The Labute approximate surface area is 140 Å². The Bertz CT molecular complexity index is 860. The van der Waals surface area contributed by atoms with Crippen LogP contribution in [0.5, 0.6) is 0 Å². The fraction of sp³-hybridized carbons (Fsp3) is 0.211. The summed E-state index contributed by atoms with van der Waals surface area (Å²) in [5.41, 5.74) is 2.99. The van der Waals surface area contributed by atoms with E-state index in [-0.39, 0.29) is 11.4 Å². The van der Waals surface area contributed by atoms with Crippen LogP contribution in [-0.4, -0.2) is 16.4 Å². The molecule has 2 aromatic carbocycles. The fourth-order valence-electron chi connectivity index (χ4n) is 2.62. The zero-order chi connectivity index (χ0) is 16.6. The van der Waals surface area contributed by atoms with Crippen molar-refractivity contribution < 1.29 is 4.79 Å². The number of halogens is 1. The van der Waals surface area contributed by atoms with E-state index >= 15 is 0 Å². The quantitative estimate of drug-likeness (QED) is 0.682. The molecule has 3 rings (SSSR count). The number of rotatable bonds is 2. The van der Waals surface area contributed by atoms with Gasteiger partial charge >= 0.3 is 0 Å². The van der Waals surface area contributed by atoms with Gasteiger partial charge in [-0.05, 0) is 44.5 Å². The Morgan fingerprint density at radius 3 is 2.43 bits per heavy atom. The second-order valence-corrected chi connectivity index (χ2v) is 7.07. The smallest absolute Gasteiger partial charge is 0.254 e. The van der Waals surface area contributed by atoms with E-state index in [1.54, 1.807) is 0 Å². The van der Waals surface area contributed by atoms with Crippen LogP contribution in [0.4, 0.5) is 0 Å². The number of amides is 1. The average molecular weight is 327 g/mol. The molecule has 0 bridgehead atoms. The summed E-state index contributed by atoms with van der Waals surface area (Å²) in [6, 6.07) is 15.4. The molecule has 2 N–H and O–H groups in total. The Balaban J connectivity index is 2.23. The summed E-state index contributed by atoms with van der Waals surface area (Å²) in [4.78, 5) is 16.2. The van der Waals surface area contributed by atoms with Crippen LogP contribution in [0.2, 0.25) is 5.02 Å². The van der Waals surface area contributed by atoms with Crippen molar-refractivity contribution >= 4 is 28.4 Å². The van der Waals surface area contributed by atoms with Gasteiger partial charge in [-0.1, -0.05) is 41.9 Å². The molecule has 1 heterocycles. The van der Waals surface area contributed by atoms with Crippen molar-refractivity contribution in [2.24, 2.45) is 0 Å². The number of H-pyrrole nitrogens is 1. The van der Waals surface area contributed by atoms with Crippen molar-refractivity contribution in [2.75, 3.05) is 0 Å². The minimum Gasteiger partial charge on any atom is -0.354 e. The highest BCUT2D eigenvalue weighted by Gasteiger charge is 2.23. The summed E-state index contributed by atoms with van der Waals surface area (Å²) in [5, 5.41) is 4.48. The highest BCUT2D eigenvalue weighted by atomic mass is 35.5. The highest BCUT2D eigenvalue weighted by molar-refractivity contribution is 6.31. The first-order chi connectivity index (χ1) is 10.8. The minimum atomic E-state index is -0.312. The normalized spacial score (nSPS) is 11.7. The number of aromatic amines is 1. The van der Waals surface area contributed by atoms with Gasteiger partial charge in [-0.2, -0.15) is 0 Å². The summed E-state index contributed by atoms with van der Waals surface area (Å²) in [5.74, 6) is -0.107. The molecule has 0 radical (unpaired) electrons. The van der Waals surface area contributed by atoms with Gasteiger partial charge in [0, 0.05) is 21.5 Å². The molecule has 4 heteroatoms. The summed E-state index contributed by atoms with van der Waals surface area (Å²) in [6.07, 6.45) is 0. The van der Waals surface area contributed by atoms with Crippen LogP contribution in [0.1, 0.15) is 31.1 Å². The van der Waals surface area contributed by atoms with Crippen LogP contribution >= 0.6 is 11.6 Å². The third-order valence-electron chi connectivity index (χ3n) is 3.54. The Morgan fingerprint density at radius 1 is 1.09 bits per heavy atom. The topological polar surface area (TPSA) is 44.9 Å². The van der Waals surface area contributed by atoms with Gasteiger partial charge in [0.25, 0.3) is 5.91 Å². The second kappa shape index (κ2) is 5.74. The van der Waals surface area contributed by atoms with Crippen molar-refractivity contribution in [3.63, 3.8) is 0 Å². The van der Waals surface area contributed by atoms with Crippen LogP contribution in [0.25, 0.3) is 22.2 Å². The molecule has 0 atom stereocenters. The maximum Gasteiger partial charge on any atom is 0.254 e. The van der Waals surface area contributed by atoms with Gasteiger partial charge in [-0.25, -0.2) is 0 Å². The van der Waals surface area contributed by atoms with Crippen molar-refractivity contribution in [1.29, 1.82) is 0 Å². The van der Waals surface area contributed by atoms with Gasteiger partial charge in [0.15, 0.2) is 0 Å². The fourth-order valence-corrected chi connectivity index (χ4v) is 2.80. The van der Waals surface area contributed by atoms with E-state index in [0.29, 0.717) is 10.6 Å². The van der Waals surface area contributed by atoms with Gasteiger partial charge in [-0.3, -0.25) is 4.79 Å². The van der Waals surface area contributed by atoms with Crippen LogP contribution in [-0.2, 0) is 0 Å². The number of carbonyl (C=O) groups is 1. The number of fused-ring (bicyclic) bond motifs is 1. The molecule has 0 saturated heterocycles. The summed E-state index contributed by atoms with van der Waals surface area (Å²) in [7, 11) is 0. The number of hydrogen-bond acceptors (Lipinski definition) is 1. The van der Waals surface area contributed by atoms with E-state index in [2.05, 4.69) is 10.3 Å². The number of benzene rings is 2. The molecule has 23 heavy (non-hydrogen) atoms. The second-order valence-electron chi connectivity index (χ2n) is 6.64. The summed E-state index contributed by atoms with van der Waals surface area (Å²) in [6.45, 7) is 5.90. The lowest BCUT2D eigenvalue weighted by molar-refractivity contribution is 0.0922. The third kappa shape index (κ3) is 3.25. The van der Waals surface area contributed by atoms with Gasteiger partial charge in [0.2, 0.25) is 0 Å². The molecule has 0 aliphatic carbocycles. The van der Waals surface area contributed by atoms with Crippen LogP contribution < -0.4 is 5.32 Å². The highest BCUT2D eigenvalue weighted by Crippen LogP contribution is 2.32. The maximum atomic E-state index is 12.9. The monoisotopic (exact) mass is 326 g/mol. The van der Waals surface area contributed by atoms with E-state index in [1.807, 2.05) is 69.3 Å². The zero-order valence-electron chi connectivity index (χ0n) is 13.4. The third-order valence-corrected chi connectivity index (χ3v) is 3.77. The van der Waals surface area contributed by atoms with E-state index in [9.17, 15) is 4.79 Å². The molecule has 0 fully saturated rings.